The van der Waals surface area contributed by atoms with Gasteiger partial charge in [-0.25, -0.2) is 0 Å². The first kappa shape index (κ1) is 16.0. The van der Waals surface area contributed by atoms with E-state index in [0.717, 1.165) is 5.56 Å². The van der Waals surface area contributed by atoms with Gasteiger partial charge in [0.2, 0.25) is 5.91 Å². The molecule has 2 unspecified atom stereocenters. The predicted octanol–water partition coefficient (Wildman–Crippen LogP) is 1.57. The minimum absolute atomic E-state index is 0.0515. The molecule has 0 aliphatic carbocycles. The van der Waals surface area contributed by atoms with Crippen LogP contribution in [-0.4, -0.2) is 46.0 Å². The molecule has 1 saturated heterocycles. The van der Waals surface area contributed by atoms with Crippen LogP contribution in [0.25, 0.3) is 0 Å². The zero-order chi connectivity index (χ0) is 16.1. The van der Waals surface area contributed by atoms with Crippen molar-refractivity contribution in [2.24, 2.45) is 5.92 Å². The van der Waals surface area contributed by atoms with Crippen molar-refractivity contribution in [3.63, 3.8) is 0 Å². The fourth-order valence-electron chi connectivity index (χ4n) is 2.84. The average Bonchev–Trinajstić information content (AvgIpc) is 2.93. The Morgan fingerprint density at radius 2 is 1.73 bits per heavy atom. The molecule has 0 aromatic heterocycles. The highest BCUT2D eigenvalue weighted by atomic mass is 16.4. The van der Waals surface area contributed by atoms with Crippen molar-refractivity contribution in [1.29, 1.82) is 0 Å². The molecule has 1 aliphatic heterocycles. The van der Waals surface area contributed by atoms with E-state index in [9.17, 15) is 19.5 Å². The van der Waals surface area contributed by atoms with Crippen LogP contribution in [0.1, 0.15) is 30.7 Å². The quantitative estimate of drug-likeness (QED) is 0.832. The van der Waals surface area contributed by atoms with Gasteiger partial charge in [0.25, 0.3) is 0 Å². The van der Waals surface area contributed by atoms with Crippen LogP contribution in [0.15, 0.2) is 30.3 Å². The second-order valence-corrected chi connectivity index (χ2v) is 5.51. The summed E-state index contributed by atoms with van der Waals surface area (Å²) in [5, 5.41) is 18.0. The molecule has 1 aromatic carbocycles. The van der Waals surface area contributed by atoms with Crippen molar-refractivity contribution in [3.8, 4) is 0 Å². The lowest BCUT2D eigenvalue weighted by Crippen LogP contribution is -2.29. The van der Waals surface area contributed by atoms with Crippen molar-refractivity contribution in [3.05, 3.63) is 35.9 Å². The summed E-state index contributed by atoms with van der Waals surface area (Å²) in [4.78, 5) is 35.6. The van der Waals surface area contributed by atoms with Crippen LogP contribution < -0.4 is 0 Å². The summed E-state index contributed by atoms with van der Waals surface area (Å²) in [6, 6.07) is 9.32. The summed E-state index contributed by atoms with van der Waals surface area (Å²) >= 11 is 0. The predicted molar refractivity (Wildman–Crippen MR) is 78.4 cm³/mol. The summed E-state index contributed by atoms with van der Waals surface area (Å²) in [7, 11) is 0. The number of nitrogens with zero attached hydrogens (tertiary/aromatic N) is 1. The molecule has 0 bridgehead atoms. The topological polar surface area (TPSA) is 94.9 Å². The van der Waals surface area contributed by atoms with Gasteiger partial charge in [-0.3, -0.25) is 14.4 Å². The van der Waals surface area contributed by atoms with Crippen molar-refractivity contribution in [2.75, 3.05) is 13.1 Å². The van der Waals surface area contributed by atoms with Gasteiger partial charge in [-0.15, -0.1) is 0 Å². The Hall–Kier alpha value is -2.37. The van der Waals surface area contributed by atoms with Crippen molar-refractivity contribution in [2.45, 2.75) is 25.2 Å². The first-order chi connectivity index (χ1) is 10.5. The van der Waals surface area contributed by atoms with E-state index < -0.39 is 17.9 Å². The molecule has 6 nitrogen and oxygen atoms in total. The number of amides is 1. The largest absolute Gasteiger partial charge is 0.481 e. The maximum atomic E-state index is 12.1. The van der Waals surface area contributed by atoms with Crippen LogP contribution in [0.5, 0.6) is 0 Å². The smallest absolute Gasteiger partial charge is 0.308 e. The van der Waals surface area contributed by atoms with E-state index in [1.54, 1.807) is 0 Å². The van der Waals surface area contributed by atoms with Crippen LogP contribution in [0.2, 0.25) is 0 Å². The molecule has 1 fully saturated rings. The molecule has 1 amide bonds. The van der Waals surface area contributed by atoms with Gasteiger partial charge in [0.1, 0.15) is 0 Å². The lowest BCUT2D eigenvalue weighted by molar-refractivity contribution is -0.142. The number of carbonyl (C=O) groups excluding carboxylic acids is 1. The molecule has 1 heterocycles. The molecule has 0 saturated carbocycles. The fraction of sp³-hybridized carbons (Fsp3) is 0.438. The second-order valence-electron chi connectivity index (χ2n) is 5.51. The van der Waals surface area contributed by atoms with Crippen molar-refractivity contribution >= 4 is 17.8 Å². The number of carbonyl (C=O) groups is 3. The highest BCUT2D eigenvalue weighted by Gasteiger charge is 2.40. The van der Waals surface area contributed by atoms with Crippen LogP contribution in [0, 0.1) is 5.92 Å². The zero-order valence-electron chi connectivity index (χ0n) is 12.1. The van der Waals surface area contributed by atoms with E-state index in [0.29, 0.717) is 6.54 Å². The van der Waals surface area contributed by atoms with Gasteiger partial charge in [0, 0.05) is 31.8 Å². The third kappa shape index (κ3) is 3.84. The molecule has 1 aromatic rings. The van der Waals surface area contributed by atoms with Gasteiger partial charge < -0.3 is 15.1 Å². The van der Waals surface area contributed by atoms with E-state index in [-0.39, 0.29) is 37.6 Å². The third-order valence-electron chi connectivity index (χ3n) is 4.00. The van der Waals surface area contributed by atoms with Crippen molar-refractivity contribution < 1.29 is 24.6 Å². The first-order valence-corrected chi connectivity index (χ1v) is 7.26. The average molecular weight is 305 g/mol. The first-order valence-electron chi connectivity index (χ1n) is 7.26. The Morgan fingerprint density at radius 3 is 2.32 bits per heavy atom. The van der Waals surface area contributed by atoms with Gasteiger partial charge in [-0.05, 0) is 12.0 Å². The van der Waals surface area contributed by atoms with E-state index in [2.05, 4.69) is 0 Å². The molecule has 22 heavy (non-hydrogen) atoms. The van der Waals surface area contributed by atoms with Gasteiger partial charge in [-0.1, -0.05) is 30.3 Å². The van der Waals surface area contributed by atoms with E-state index in [1.165, 1.54) is 4.90 Å². The molecule has 0 spiro atoms. The summed E-state index contributed by atoms with van der Waals surface area (Å²) in [5.41, 5.74) is 0.913. The molecule has 2 rings (SSSR count). The van der Waals surface area contributed by atoms with Crippen LogP contribution in [0.3, 0.4) is 0 Å². The van der Waals surface area contributed by atoms with Crippen LogP contribution >= 0.6 is 0 Å². The maximum absolute atomic E-state index is 12.1. The fourth-order valence-corrected chi connectivity index (χ4v) is 2.84. The monoisotopic (exact) mass is 305 g/mol. The van der Waals surface area contributed by atoms with Gasteiger partial charge >= 0.3 is 11.9 Å². The summed E-state index contributed by atoms with van der Waals surface area (Å²) < 4.78 is 0. The minimum atomic E-state index is -0.931. The number of aliphatic carboxylic acids is 2. The van der Waals surface area contributed by atoms with E-state index in [4.69, 9.17) is 5.11 Å². The summed E-state index contributed by atoms with van der Waals surface area (Å²) in [6.45, 7) is 0.549. The highest BCUT2D eigenvalue weighted by molar-refractivity contribution is 5.80. The molecular formula is C16H19NO5. The van der Waals surface area contributed by atoms with Gasteiger partial charge in [0.05, 0.1) is 5.92 Å². The number of likely N-dealkylation sites (tertiary alicyclic amines) is 1. The van der Waals surface area contributed by atoms with E-state index in [1.807, 2.05) is 30.3 Å². The SMILES string of the molecule is O=C(O)CCCC(=O)N1CC(C(=O)O)C(c2ccccc2)C1. The number of carboxylic acid groups (broad SMARTS) is 2. The normalized spacial score (nSPS) is 20.8. The second kappa shape index (κ2) is 7.06. The Bertz CT molecular complexity index is 557. The Labute approximate surface area is 128 Å². The molecular weight excluding hydrogens is 286 g/mol. The van der Waals surface area contributed by atoms with Crippen molar-refractivity contribution in [1.82, 2.24) is 4.90 Å². The molecule has 2 N–H and O–H groups in total. The number of carboxylic acids is 2. The van der Waals surface area contributed by atoms with E-state index >= 15 is 0 Å². The number of rotatable bonds is 6. The zero-order valence-corrected chi connectivity index (χ0v) is 12.1. The number of benzene rings is 1. The van der Waals surface area contributed by atoms with Gasteiger partial charge in [-0.2, -0.15) is 0 Å². The number of hydrogen-bond acceptors (Lipinski definition) is 3. The molecule has 0 radical (unpaired) electrons. The Morgan fingerprint density at radius 1 is 1.05 bits per heavy atom. The summed E-state index contributed by atoms with van der Waals surface area (Å²) in [6.07, 6.45) is 0.364. The molecule has 118 valence electrons. The highest BCUT2D eigenvalue weighted by Crippen LogP contribution is 2.33. The minimum Gasteiger partial charge on any atom is -0.481 e. The van der Waals surface area contributed by atoms with Gasteiger partial charge in [0.15, 0.2) is 0 Å². The lowest BCUT2D eigenvalue weighted by Gasteiger charge is -2.16. The Kier molecular flexibility index (Phi) is 5.14. The molecule has 1 aliphatic rings. The van der Waals surface area contributed by atoms with Crippen LogP contribution in [0.4, 0.5) is 0 Å². The number of hydrogen-bond donors (Lipinski definition) is 2. The van der Waals surface area contributed by atoms with Crippen LogP contribution in [-0.2, 0) is 14.4 Å². The molecule has 6 heteroatoms. The maximum Gasteiger partial charge on any atom is 0.308 e. The standard InChI is InChI=1S/C16H19NO5/c18-14(7-4-8-15(19)20)17-9-12(13(10-17)16(21)22)11-5-2-1-3-6-11/h1-3,5-6,12-13H,4,7-10H2,(H,19,20)(H,21,22). The lowest BCUT2D eigenvalue weighted by atomic mass is 9.89. The summed E-state index contributed by atoms with van der Waals surface area (Å²) in [5.74, 6) is -2.85. The Balaban J connectivity index is 2.03. The third-order valence-corrected chi connectivity index (χ3v) is 4.00. The molecule has 2 atom stereocenters.